The van der Waals surface area contributed by atoms with Gasteiger partial charge in [0.15, 0.2) is 5.78 Å². The highest BCUT2D eigenvalue weighted by Gasteiger charge is 2.22. The van der Waals surface area contributed by atoms with Gasteiger partial charge in [-0.15, -0.1) is 0 Å². The fourth-order valence-corrected chi connectivity index (χ4v) is 2.91. The van der Waals surface area contributed by atoms with Crippen LogP contribution in [0.15, 0.2) is 42.7 Å². The molecule has 0 atom stereocenters. The smallest absolute Gasteiger partial charge is 0.257 e. The number of benzene rings is 1. The molecule has 1 aromatic heterocycles. The Hall–Kier alpha value is -3.55. The van der Waals surface area contributed by atoms with Crippen molar-refractivity contribution in [2.75, 3.05) is 31.5 Å². The average molecular weight is 380 g/mol. The van der Waals surface area contributed by atoms with Crippen molar-refractivity contribution < 1.29 is 19.2 Å². The number of carbonyl (C=O) groups excluding carboxylic acids is 4. The monoisotopic (exact) mass is 380 g/mol. The summed E-state index contributed by atoms with van der Waals surface area (Å²) in [5, 5.41) is 2.71. The highest BCUT2D eigenvalue weighted by molar-refractivity contribution is 6.06. The van der Waals surface area contributed by atoms with Gasteiger partial charge in [-0.25, -0.2) is 0 Å². The van der Waals surface area contributed by atoms with Gasteiger partial charge < -0.3 is 15.1 Å². The number of nitrogens with zero attached hydrogens (tertiary/aromatic N) is 3. The minimum Gasteiger partial charge on any atom is -0.342 e. The van der Waals surface area contributed by atoms with E-state index in [0.717, 1.165) is 6.41 Å². The number of hydrogen-bond acceptors (Lipinski definition) is 5. The molecule has 0 radical (unpaired) electrons. The summed E-state index contributed by atoms with van der Waals surface area (Å²) in [7, 11) is 0. The molecule has 1 aliphatic heterocycles. The van der Waals surface area contributed by atoms with E-state index in [1.54, 1.807) is 34.1 Å². The lowest BCUT2D eigenvalue weighted by molar-refractivity contribution is -0.119. The molecule has 2 heterocycles. The molecule has 1 aliphatic rings. The molecule has 1 fully saturated rings. The number of amides is 3. The lowest BCUT2D eigenvalue weighted by Crippen LogP contribution is -2.48. The normalized spacial score (nSPS) is 13.8. The number of anilines is 1. The first-order valence-corrected chi connectivity index (χ1v) is 8.84. The number of hydrogen-bond donors (Lipinski definition) is 1. The Balaban J connectivity index is 1.71. The molecule has 1 N–H and O–H groups in total. The number of ketones is 1. The molecule has 2 aromatic rings. The Morgan fingerprint density at radius 2 is 1.71 bits per heavy atom. The van der Waals surface area contributed by atoms with Crippen LogP contribution in [-0.4, -0.2) is 65.0 Å². The molecule has 0 saturated carbocycles. The topological polar surface area (TPSA) is 99.7 Å². The van der Waals surface area contributed by atoms with Gasteiger partial charge in [-0.1, -0.05) is 12.1 Å². The van der Waals surface area contributed by atoms with Crippen LogP contribution in [0.3, 0.4) is 0 Å². The summed E-state index contributed by atoms with van der Waals surface area (Å²) in [6, 6.07) is 8.12. The van der Waals surface area contributed by atoms with Crippen LogP contribution >= 0.6 is 0 Å². The van der Waals surface area contributed by atoms with Crippen LogP contribution in [0.4, 0.5) is 5.69 Å². The number of aromatic nitrogens is 1. The Morgan fingerprint density at radius 1 is 1.00 bits per heavy atom. The second-order valence-electron chi connectivity index (χ2n) is 6.49. The van der Waals surface area contributed by atoms with Gasteiger partial charge in [0.1, 0.15) is 0 Å². The molecule has 0 aliphatic carbocycles. The number of carbonyl (C=O) groups is 4. The van der Waals surface area contributed by atoms with Crippen LogP contribution in [-0.2, 0) is 4.79 Å². The molecule has 0 unspecified atom stereocenters. The molecule has 3 rings (SSSR count). The molecule has 1 aromatic carbocycles. The number of Topliss-reactive ketones (excluding diaryl/α,β-unsaturated/α-hetero) is 1. The summed E-state index contributed by atoms with van der Waals surface area (Å²) in [4.78, 5) is 54.7. The quantitative estimate of drug-likeness (QED) is 0.625. The molecular weight excluding hydrogens is 360 g/mol. The number of rotatable bonds is 5. The Labute approximate surface area is 162 Å². The lowest BCUT2D eigenvalue weighted by Gasteiger charge is -2.32. The molecule has 0 spiro atoms. The molecule has 28 heavy (non-hydrogen) atoms. The number of pyridine rings is 1. The third-order valence-electron chi connectivity index (χ3n) is 4.52. The average Bonchev–Trinajstić information content (AvgIpc) is 2.73. The third kappa shape index (κ3) is 4.40. The second kappa shape index (κ2) is 8.43. The summed E-state index contributed by atoms with van der Waals surface area (Å²) in [6.07, 6.45) is 3.57. The molecule has 8 heteroatoms. The van der Waals surface area contributed by atoms with Crippen LogP contribution in [0.2, 0.25) is 0 Å². The molecule has 8 nitrogen and oxygen atoms in total. The summed E-state index contributed by atoms with van der Waals surface area (Å²) in [6.45, 7) is 3.29. The molecule has 0 bridgehead atoms. The first-order valence-electron chi connectivity index (χ1n) is 8.84. The first kappa shape index (κ1) is 19.2. The second-order valence-corrected chi connectivity index (χ2v) is 6.49. The lowest BCUT2D eigenvalue weighted by atomic mass is 10.1. The first-order chi connectivity index (χ1) is 13.5. The standard InChI is InChI=1S/C20H20N4O4/c1-14(26)15-3-2-4-18(10-15)22-19(27)16-9-17(12-21-11-16)20(28)24-7-5-23(13-25)6-8-24/h2-4,9-13H,5-8H2,1H3,(H,22,27). The maximum absolute atomic E-state index is 12.7. The largest absolute Gasteiger partial charge is 0.342 e. The van der Waals surface area contributed by atoms with Crippen molar-refractivity contribution >= 4 is 29.7 Å². The zero-order valence-corrected chi connectivity index (χ0v) is 15.4. The van der Waals surface area contributed by atoms with Gasteiger partial charge >= 0.3 is 0 Å². The molecule has 144 valence electrons. The van der Waals surface area contributed by atoms with Crippen molar-refractivity contribution in [1.82, 2.24) is 14.8 Å². The van der Waals surface area contributed by atoms with E-state index < -0.39 is 5.91 Å². The van der Waals surface area contributed by atoms with E-state index in [1.807, 2.05) is 0 Å². The van der Waals surface area contributed by atoms with Crippen molar-refractivity contribution in [1.29, 1.82) is 0 Å². The van der Waals surface area contributed by atoms with Crippen molar-refractivity contribution in [3.05, 3.63) is 59.4 Å². The third-order valence-corrected chi connectivity index (χ3v) is 4.52. The van der Waals surface area contributed by atoms with Crippen LogP contribution in [0.25, 0.3) is 0 Å². The summed E-state index contributed by atoms with van der Waals surface area (Å²) in [5.41, 5.74) is 1.53. The highest BCUT2D eigenvalue weighted by atomic mass is 16.2. The Morgan fingerprint density at radius 3 is 2.39 bits per heavy atom. The van der Waals surface area contributed by atoms with Gasteiger partial charge in [0, 0.05) is 49.8 Å². The van der Waals surface area contributed by atoms with Gasteiger partial charge in [-0.2, -0.15) is 0 Å². The number of piperazine rings is 1. The van der Waals surface area contributed by atoms with Gasteiger partial charge in [0.05, 0.1) is 11.1 Å². The van der Waals surface area contributed by atoms with Crippen LogP contribution in [0.5, 0.6) is 0 Å². The molecule has 3 amide bonds. The van der Waals surface area contributed by atoms with E-state index in [-0.39, 0.29) is 17.3 Å². The SMILES string of the molecule is CC(=O)c1cccc(NC(=O)c2cncc(C(=O)N3CCN(C=O)CC3)c2)c1. The predicted molar refractivity (Wildman–Crippen MR) is 102 cm³/mol. The van der Waals surface area contributed by atoms with Crippen molar-refractivity contribution in [2.45, 2.75) is 6.92 Å². The zero-order chi connectivity index (χ0) is 20.1. The van der Waals surface area contributed by atoms with Crippen molar-refractivity contribution in [3.8, 4) is 0 Å². The highest BCUT2D eigenvalue weighted by Crippen LogP contribution is 2.14. The predicted octanol–water partition coefficient (Wildman–Crippen LogP) is 1.45. The number of nitrogens with one attached hydrogen (secondary N) is 1. The summed E-state index contributed by atoms with van der Waals surface area (Å²) >= 11 is 0. The maximum Gasteiger partial charge on any atom is 0.257 e. The fourth-order valence-electron chi connectivity index (χ4n) is 2.91. The minimum atomic E-state index is -0.423. The summed E-state index contributed by atoms with van der Waals surface area (Å²) < 4.78 is 0. The zero-order valence-electron chi connectivity index (χ0n) is 15.4. The Kier molecular flexibility index (Phi) is 5.78. The van der Waals surface area contributed by atoms with Gasteiger partial charge in [-0.3, -0.25) is 24.2 Å². The van der Waals surface area contributed by atoms with E-state index >= 15 is 0 Å². The fraction of sp³-hybridized carbons (Fsp3) is 0.250. The van der Waals surface area contributed by atoms with Crippen molar-refractivity contribution in [2.24, 2.45) is 0 Å². The van der Waals surface area contributed by atoms with E-state index in [1.165, 1.54) is 25.4 Å². The van der Waals surface area contributed by atoms with Crippen molar-refractivity contribution in [3.63, 3.8) is 0 Å². The Bertz CT molecular complexity index is 920. The molecule has 1 saturated heterocycles. The van der Waals surface area contributed by atoms with E-state index in [4.69, 9.17) is 0 Å². The van der Waals surface area contributed by atoms with Crippen LogP contribution < -0.4 is 5.32 Å². The minimum absolute atomic E-state index is 0.0972. The van der Waals surface area contributed by atoms with Gasteiger partial charge in [0.25, 0.3) is 11.8 Å². The van der Waals surface area contributed by atoms with Crippen LogP contribution in [0, 0.1) is 0 Å². The van der Waals surface area contributed by atoms with Crippen LogP contribution in [0.1, 0.15) is 38.0 Å². The van der Waals surface area contributed by atoms with Gasteiger partial charge in [0.2, 0.25) is 6.41 Å². The van der Waals surface area contributed by atoms with E-state index in [9.17, 15) is 19.2 Å². The maximum atomic E-state index is 12.7. The van der Waals surface area contributed by atoms with E-state index in [0.29, 0.717) is 43.0 Å². The summed E-state index contributed by atoms with van der Waals surface area (Å²) in [5.74, 6) is -0.750. The van der Waals surface area contributed by atoms with Gasteiger partial charge in [-0.05, 0) is 25.1 Å². The van der Waals surface area contributed by atoms with E-state index in [2.05, 4.69) is 10.3 Å². The molecular formula is C20H20N4O4.